The van der Waals surface area contributed by atoms with Crippen molar-refractivity contribution < 1.29 is 9.13 Å². The van der Waals surface area contributed by atoms with E-state index in [2.05, 4.69) is 5.32 Å². The van der Waals surface area contributed by atoms with Crippen LogP contribution >= 0.6 is 0 Å². The molecule has 3 heteroatoms. The Kier molecular flexibility index (Phi) is 4.26. The van der Waals surface area contributed by atoms with Crippen LogP contribution < -0.4 is 5.32 Å². The predicted octanol–water partition coefficient (Wildman–Crippen LogP) is 2.21. The van der Waals surface area contributed by atoms with Crippen LogP contribution in [0.4, 0.5) is 10.1 Å². The first-order valence-corrected chi connectivity index (χ1v) is 4.24. The summed E-state index contributed by atoms with van der Waals surface area (Å²) in [4.78, 5) is 0. The molecule has 1 rings (SSSR count). The van der Waals surface area contributed by atoms with Crippen molar-refractivity contribution in [3.8, 4) is 0 Å². The van der Waals surface area contributed by atoms with Gasteiger partial charge < -0.3 is 10.1 Å². The topological polar surface area (TPSA) is 21.3 Å². The van der Waals surface area contributed by atoms with E-state index in [0.717, 1.165) is 11.3 Å². The molecule has 0 bridgehead atoms. The maximum atomic E-state index is 11.8. The molecule has 0 aromatic heterocycles. The molecule has 2 nitrogen and oxygen atoms in total. The lowest BCUT2D eigenvalue weighted by Crippen LogP contribution is -2.03. The Morgan fingerprint density at radius 1 is 1.46 bits per heavy atom. The summed E-state index contributed by atoms with van der Waals surface area (Å²) >= 11 is 0. The van der Waals surface area contributed by atoms with Gasteiger partial charge in [-0.1, -0.05) is 12.1 Å². The largest absolute Gasteiger partial charge is 0.382 e. The van der Waals surface area contributed by atoms with Gasteiger partial charge in [0.05, 0.1) is 6.61 Å². The van der Waals surface area contributed by atoms with Gasteiger partial charge in [0, 0.05) is 19.3 Å². The molecule has 0 amide bonds. The van der Waals surface area contributed by atoms with Gasteiger partial charge in [0.25, 0.3) is 0 Å². The molecule has 72 valence electrons. The normalized spacial score (nSPS) is 10.0. The average Bonchev–Trinajstić information content (AvgIpc) is 2.16. The molecule has 1 N–H and O–H groups in total. The van der Waals surface area contributed by atoms with E-state index in [1.807, 2.05) is 24.3 Å². The number of methoxy groups -OCH3 is 1. The van der Waals surface area contributed by atoms with Crippen molar-refractivity contribution in [3.05, 3.63) is 29.8 Å². The lowest BCUT2D eigenvalue weighted by molar-refractivity contribution is 0.185. The van der Waals surface area contributed by atoms with E-state index in [1.54, 1.807) is 7.11 Å². The number of halogens is 1. The van der Waals surface area contributed by atoms with Crippen molar-refractivity contribution in [2.75, 3.05) is 25.6 Å². The van der Waals surface area contributed by atoms with Crippen LogP contribution in [0.3, 0.4) is 0 Å². The van der Waals surface area contributed by atoms with Gasteiger partial charge in [0.1, 0.15) is 6.67 Å². The van der Waals surface area contributed by atoms with Crippen LogP contribution in [-0.4, -0.2) is 20.3 Å². The Hall–Kier alpha value is -1.09. The maximum Gasteiger partial charge on any atom is 0.107 e. The molecule has 1 aromatic carbocycles. The van der Waals surface area contributed by atoms with Crippen LogP contribution in [0.5, 0.6) is 0 Å². The van der Waals surface area contributed by atoms with E-state index in [0.29, 0.717) is 13.2 Å². The summed E-state index contributed by atoms with van der Waals surface area (Å²) in [6.45, 7) is 0.593. The number of benzene rings is 1. The third kappa shape index (κ3) is 3.42. The average molecular weight is 183 g/mol. The van der Waals surface area contributed by atoms with Crippen LogP contribution in [0.1, 0.15) is 5.56 Å². The van der Waals surface area contributed by atoms with Gasteiger partial charge in [-0.15, -0.1) is 0 Å². The Balaban J connectivity index is 2.56. The Morgan fingerprint density at radius 3 is 3.00 bits per heavy atom. The van der Waals surface area contributed by atoms with Crippen molar-refractivity contribution in [2.45, 2.75) is 6.61 Å². The molecular weight excluding hydrogens is 169 g/mol. The Morgan fingerprint density at radius 2 is 2.31 bits per heavy atom. The Bertz CT molecular complexity index is 252. The third-order valence-corrected chi connectivity index (χ3v) is 1.66. The molecule has 0 radical (unpaired) electrons. The van der Waals surface area contributed by atoms with Gasteiger partial charge in [-0.25, -0.2) is 4.39 Å². The molecule has 0 saturated heterocycles. The zero-order chi connectivity index (χ0) is 9.52. The molecule has 13 heavy (non-hydrogen) atoms. The zero-order valence-electron chi connectivity index (χ0n) is 7.72. The van der Waals surface area contributed by atoms with Crippen molar-refractivity contribution in [3.63, 3.8) is 0 Å². The first-order valence-electron chi connectivity index (χ1n) is 4.24. The molecule has 0 aliphatic carbocycles. The quantitative estimate of drug-likeness (QED) is 0.755. The lowest BCUT2D eigenvalue weighted by Gasteiger charge is -2.05. The highest BCUT2D eigenvalue weighted by Crippen LogP contribution is 2.10. The van der Waals surface area contributed by atoms with Gasteiger partial charge in [-0.2, -0.15) is 0 Å². The standard InChI is InChI=1S/C10H14FNO/c1-13-8-9-3-2-4-10(7-9)12-6-5-11/h2-4,7,12H,5-6,8H2,1H3. The summed E-state index contributed by atoms with van der Waals surface area (Å²) < 4.78 is 16.8. The molecule has 0 atom stereocenters. The molecule has 0 saturated carbocycles. The number of rotatable bonds is 5. The van der Waals surface area contributed by atoms with Crippen LogP contribution in [0.2, 0.25) is 0 Å². The van der Waals surface area contributed by atoms with Crippen LogP contribution in [0.15, 0.2) is 24.3 Å². The second kappa shape index (κ2) is 5.54. The molecule has 0 aliphatic rings. The number of alkyl halides is 1. The SMILES string of the molecule is COCc1cccc(NCCF)c1. The monoisotopic (exact) mass is 183 g/mol. The second-order valence-corrected chi connectivity index (χ2v) is 2.75. The molecule has 0 fully saturated rings. The Labute approximate surface area is 77.7 Å². The van der Waals surface area contributed by atoms with E-state index in [9.17, 15) is 4.39 Å². The van der Waals surface area contributed by atoms with Gasteiger partial charge >= 0.3 is 0 Å². The van der Waals surface area contributed by atoms with E-state index in [1.165, 1.54) is 0 Å². The highest BCUT2D eigenvalue weighted by Gasteiger charge is 1.94. The van der Waals surface area contributed by atoms with Crippen molar-refractivity contribution in [1.29, 1.82) is 0 Å². The first-order chi connectivity index (χ1) is 6.36. The molecule has 0 heterocycles. The fourth-order valence-electron chi connectivity index (χ4n) is 1.13. The van der Waals surface area contributed by atoms with E-state index in [4.69, 9.17) is 4.74 Å². The van der Waals surface area contributed by atoms with Crippen molar-refractivity contribution >= 4 is 5.69 Å². The van der Waals surface area contributed by atoms with E-state index in [-0.39, 0.29) is 6.67 Å². The molecule has 0 unspecified atom stereocenters. The summed E-state index contributed by atoms with van der Waals surface area (Å²) in [5.74, 6) is 0. The summed E-state index contributed by atoms with van der Waals surface area (Å²) in [6, 6.07) is 7.77. The summed E-state index contributed by atoms with van der Waals surface area (Å²) in [6.07, 6.45) is 0. The minimum absolute atomic E-state index is 0.353. The number of hydrogen-bond donors (Lipinski definition) is 1. The summed E-state index contributed by atoms with van der Waals surface area (Å²) in [7, 11) is 1.65. The first kappa shape index (κ1) is 9.99. The number of anilines is 1. The van der Waals surface area contributed by atoms with Crippen LogP contribution in [0, 0.1) is 0 Å². The summed E-state index contributed by atoms with van der Waals surface area (Å²) in [5.41, 5.74) is 2.03. The fourth-order valence-corrected chi connectivity index (χ4v) is 1.13. The highest BCUT2D eigenvalue weighted by atomic mass is 19.1. The van der Waals surface area contributed by atoms with Crippen LogP contribution in [-0.2, 0) is 11.3 Å². The molecule has 0 aliphatic heterocycles. The van der Waals surface area contributed by atoms with Crippen molar-refractivity contribution in [1.82, 2.24) is 0 Å². The van der Waals surface area contributed by atoms with Crippen LogP contribution in [0.25, 0.3) is 0 Å². The minimum Gasteiger partial charge on any atom is -0.382 e. The highest BCUT2D eigenvalue weighted by molar-refractivity contribution is 5.45. The summed E-state index contributed by atoms with van der Waals surface area (Å²) in [5, 5.41) is 2.96. The van der Waals surface area contributed by atoms with E-state index < -0.39 is 0 Å². The maximum absolute atomic E-state index is 11.8. The fraction of sp³-hybridized carbons (Fsp3) is 0.400. The van der Waals surface area contributed by atoms with Gasteiger partial charge in [0.15, 0.2) is 0 Å². The minimum atomic E-state index is -0.353. The third-order valence-electron chi connectivity index (χ3n) is 1.66. The van der Waals surface area contributed by atoms with Gasteiger partial charge in [-0.3, -0.25) is 0 Å². The molecule has 1 aromatic rings. The van der Waals surface area contributed by atoms with Gasteiger partial charge in [-0.05, 0) is 17.7 Å². The van der Waals surface area contributed by atoms with Crippen molar-refractivity contribution in [2.24, 2.45) is 0 Å². The lowest BCUT2D eigenvalue weighted by atomic mass is 10.2. The number of nitrogens with one attached hydrogen (secondary N) is 1. The number of hydrogen-bond acceptors (Lipinski definition) is 2. The smallest absolute Gasteiger partial charge is 0.107 e. The zero-order valence-corrected chi connectivity index (χ0v) is 7.72. The molecular formula is C10H14FNO. The second-order valence-electron chi connectivity index (χ2n) is 2.75. The number of ether oxygens (including phenoxy) is 1. The van der Waals surface area contributed by atoms with E-state index >= 15 is 0 Å². The molecule has 0 spiro atoms. The predicted molar refractivity (Wildman–Crippen MR) is 51.6 cm³/mol. The van der Waals surface area contributed by atoms with Gasteiger partial charge in [0.2, 0.25) is 0 Å².